The molecule has 2 heterocycles. The first-order valence-corrected chi connectivity index (χ1v) is 10.7. The SMILES string of the molecule is COC(=O)c1sc(-c2ccc(CN3CCOCC3)cc2)cc1NC(=O)OC(C)(C)C. The number of hydrogen-bond donors (Lipinski definition) is 1. The zero-order valence-electron chi connectivity index (χ0n) is 17.8. The van der Waals surface area contributed by atoms with Crippen LogP contribution in [-0.4, -0.2) is 56.0 Å². The molecule has 0 bridgehead atoms. The smallest absolute Gasteiger partial charge is 0.412 e. The number of methoxy groups -OCH3 is 1. The second-order valence-electron chi connectivity index (χ2n) is 8.06. The van der Waals surface area contributed by atoms with E-state index < -0.39 is 17.7 Å². The molecule has 0 saturated carbocycles. The molecule has 1 N–H and O–H groups in total. The number of esters is 1. The number of nitrogens with one attached hydrogen (secondary N) is 1. The van der Waals surface area contributed by atoms with Crippen molar-refractivity contribution < 1.29 is 23.8 Å². The molecule has 7 nitrogen and oxygen atoms in total. The lowest BCUT2D eigenvalue weighted by Gasteiger charge is -2.26. The standard InChI is InChI=1S/C22H28N2O5S/c1-22(2,3)29-21(26)23-17-13-18(30-19(17)20(25)27-4)16-7-5-15(6-8-16)14-24-9-11-28-12-10-24/h5-8,13H,9-12,14H2,1-4H3,(H,23,26). The predicted molar refractivity (Wildman–Crippen MR) is 117 cm³/mol. The highest BCUT2D eigenvalue weighted by Crippen LogP contribution is 2.35. The number of thiophene rings is 1. The van der Waals surface area contributed by atoms with E-state index in [2.05, 4.69) is 22.3 Å². The Kier molecular flexibility index (Phi) is 7.12. The summed E-state index contributed by atoms with van der Waals surface area (Å²) in [6.07, 6.45) is -0.613. The van der Waals surface area contributed by atoms with Crippen molar-refractivity contribution in [3.05, 3.63) is 40.8 Å². The van der Waals surface area contributed by atoms with Crippen LogP contribution in [0.15, 0.2) is 30.3 Å². The minimum absolute atomic E-state index is 0.329. The highest BCUT2D eigenvalue weighted by Gasteiger charge is 2.22. The van der Waals surface area contributed by atoms with Gasteiger partial charge in [-0.05, 0) is 38.0 Å². The molecular weight excluding hydrogens is 404 g/mol. The molecule has 1 saturated heterocycles. The Morgan fingerprint density at radius 1 is 1.17 bits per heavy atom. The molecule has 1 aliphatic rings. The van der Waals surface area contributed by atoms with Crippen molar-refractivity contribution >= 4 is 29.1 Å². The Morgan fingerprint density at radius 2 is 1.83 bits per heavy atom. The van der Waals surface area contributed by atoms with Gasteiger partial charge in [0.25, 0.3) is 0 Å². The van der Waals surface area contributed by atoms with Crippen LogP contribution in [0.3, 0.4) is 0 Å². The van der Waals surface area contributed by atoms with E-state index in [0.717, 1.165) is 43.3 Å². The van der Waals surface area contributed by atoms with E-state index in [1.807, 2.05) is 12.1 Å². The lowest BCUT2D eigenvalue weighted by Crippen LogP contribution is -2.35. The molecule has 2 aromatic rings. The van der Waals surface area contributed by atoms with Gasteiger partial charge in [-0.3, -0.25) is 10.2 Å². The van der Waals surface area contributed by atoms with Crippen LogP contribution in [0, 0.1) is 0 Å². The molecule has 1 amide bonds. The minimum atomic E-state index is -0.634. The highest BCUT2D eigenvalue weighted by molar-refractivity contribution is 7.18. The Labute approximate surface area is 180 Å². The molecule has 30 heavy (non-hydrogen) atoms. The molecule has 1 aliphatic heterocycles. The van der Waals surface area contributed by atoms with Crippen LogP contribution >= 0.6 is 11.3 Å². The number of anilines is 1. The average Bonchev–Trinajstić information content (AvgIpc) is 3.11. The van der Waals surface area contributed by atoms with Crippen LogP contribution in [0.25, 0.3) is 10.4 Å². The molecule has 162 valence electrons. The number of nitrogens with zero attached hydrogens (tertiary/aromatic N) is 1. The van der Waals surface area contributed by atoms with Crippen molar-refractivity contribution in [3.63, 3.8) is 0 Å². The van der Waals surface area contributed by atoms with Gasteiger partial charge in [-0.2, -0.15) is 0 Å². The Morgan fingerprint density at radius 3 is 2.43 bits per heavy atom. The molecule has 0 atom stereocenters. The second-order valence-corrected chi connectivity index (χ2v) is 9.11. The van der Waals surface area contributed by atoms with Gasteiger partial charge in [0.1, 0.15) is 10.5 Å². The van der Waals surface area contributed by atoms with Crippen molar-refractivity contribution in [2.24, 2.45) is 0 Å². The summed E-state index contributed by atoms with van der Waals surface area (Å²) in [5.41, 5.74) is 1.93. The lowest BCUT2D eigenvalue weighted by atomic mass is 10.1. The van der Waals surface area contributed by atoms with Gasteiger partial charge in [-0.1, -0.05) is 24.3 Å². The average molecular weight is 433 g/mol. The number of carbonyl (C=O) groups is 2. The summed E-state index contributed by atoms with van der Waals surface area (Å²) < 4.78 is 15.6. The Balaban J connectivity index is 1.77. The topological polar surface area (TPSA) is 77.1 Å². The van der Waals surface area contributed by atoms with Gasteiger partial charge in [-0.15, -0.1) is 11.3 Å². The summed E-state index contributed by atoms with van der Waals surface area (Å²) in [5, 5.41) is 2.67. The molecule has 1 fully saturated rings. The number of rotatable bonds is 5. The van der Waals surface area contributed by atoms with Gasteiger partial charge in [0.15, 0.2) is 0 Å². The van der Waals surface area contributed by atoms with Crippen LogP contribution in [-0.2, 0) is 20.8 Å². The third kappa shape index (κ3) is 6.04. The summed E-state index contributed by atoms with van der Waals surface area (Å²) >= 11 is 1.28. The fraction of sp³-hybridized carbons (Fsp3) is 0.455. The van der Waals surface area contributed by atoms with E-state index in [4.69, 9.17) is 14.2 Å². The van der Waals surface area contributed by atoms with Crippen molar-refractivity contribution in [1.82, 2.24) is 4.90 Å². The normalized spacial score (nSPS) is 14.9. The molecule has 0 aliphatic carbocycles. The number of amides is 1. The van der Waals surface area contributed by atoms with Crippen molar-refractivity contribution in [2.75, 3.05) is 38.7 Å². The Hall–Kier alpha value is -2.42. The zero-order chi connectivity index (χ0) is 21.7. The summed E-state index contributed by atoms with van der Waals surface area (Å²) in [6.45, 7) is 9.66. The molecule has 1 aromatic heterocycles. The molecule has 0 unspecified atom stereocenters. The fourth-order valence-corrected chi connectivity index (χ4v) is 4.11. The molecule has 0 radical (unpaired) electrons. The van der Waals surface area contributed by atoms with Crippen molar-refractivity contribution in [2.45, 2.75) is 32.9 Å². The molecule has 0 spiro atoms. The van der Waals surface area contributed by atoms with E-state index in [9.17, 15) is 9.59 Å². The zero-order valence-corrected chi connectivity index (χ0v) is 18.6. The van der Waals surface area contributed by atoms with E-state index in [1.165, 1.54) is 24.0 Å². The number of morpholine rings is 1. The largest absolute Gasteiger partial charge is 0.465 e. The van der Waals surface area contributed by atoms with Crippen LogP contribution in [0.5, 0.6) is 0 Å². The summed E-state index contributed by atoms with van der Waals surface area (Å²) in [5.74, 6) is -0.499. The van der Waals surface area contributed by atoms with Gasteiger partial charge in [0, 0.05) is 24.5 Å². The third-order valence-electron chi connectivity index (χ3n) is 4.49. The first-order chi connectivity index (χ1) is 14.2. The van der Waals surface area contributed by atoms with Gasteiger partial charge >= 0.3 is 12.1 Å². The first-order valence-electron chi connectivity index (χ1n) is 9.87. The van der Waals surface area contributed by atoms with Crippen LogP contribution < -0.4 is 5.32 Å². The summed E-state index contributed by atoms with van der Waals surface area (Å²) in [4.78, 5) is 27.9. The lowest BCUT2D eigenvalue weighted by molar-refractivity contribution is 0.0342. The van der Waals surface area contributed by atoms with Crippen LogP contribution in [0.1, 0.15) is 36.0 Å². The number of hydrogen-bond acceptors (Lipinski definition) is 7. The maximum absolute atomic E-state index is 12.2. The molecule has 3 rings (SSSR count). The number of ether oxygens (including phenoxy) is 3. The first kappa shape index (κ1) is 22.3. The minimum Gasteiger partial charge on any atom is -0.465 e. The highest BCUT2D eigenvalue weighted by atomic mass is 32.1. The van der Waals surface area contributed by atoms with Crippen molar-refractivity contribution in [3.8, 4) is 10.4 Å². The number of benzene rings is 1. The molecule has 8 heteroatoms. The third-order valence-corrected chi connectivity index (χ3v) is 5.65. The van der Waals surface area contributed by atoms with Gasteiger partial charge in [0.05, 0.1) is 26.0 Å². The van der Waals surface area contributed by atoms with Gasteiger partial charge in [-0.25, -0.2) is 9.59 Å². The molecular formula is C22H28N2O5S. The Bertz CT molecular complexity index is 880. The number of carbonyl (C=O) groups excluding carboxylic acids is 2. The van der Waals surface area contributed by atoms with E-state index in [1.54, 1.807) is 26.8 Å². The summed E-state index contributed by atoms with van der Waals surface area (Å²) in [6, 6.07) is 10.0. The second kappa shape index (κ2) is 9.59. The quantitative estimate of drug-likeness (QED) is 0.707. The van der Waals surface area contributed by atoms with Crippen LogP contribution in [0.4, 0.5) is 10.5 Å². The van der Waals surface area contributed by atoms with Gasteiger partial charge < -0.3 is 14.2 Å². The predicted octanol–water partition coefficient (Wildman–Crippen LogP) is 4.38. The maximum Gasteiger partial charge on any atom is 0.412 e. The van der Waals surface area contributed by atoms with Crippen molar-refractivity contribution in [1.29, 1.82) is 0 Å². The van der Waals surface area contributed by atoms with E-state index in [-0.39, 0.29) is 0 Å². The van der Waals surface area contributed by atoms with E-state index >= 15 is 0 Å². The van der Waals surface area contributed by atoms with Crippen LogP contribution in [0.2, 0.25) is 0 Å². The summed E-state index contributed by atoms with van der Waals surface area (Å²) in [7, 11) is 1.32. The monoisotopic (exact) mass is 432 g/mol. The van der Waals surface area contributed by atoms with Gasteiger partial charge in [0.2, 0.25) is 0 Å². The van der Waals surface area contributed by atoms with E-state index in [0.29, 0.717) is 10.6 Å². The molecule has 1 aromatic carbocycles. The fourth-order valence-electron chi connectivity index (χ4n) is 3.08. The maximum atomic E-state index is 12.2.